The van der Waals surface area contributed by atoms with Crippen molar-refractivity contribution in [3.63, 3.8) is 0 Å². The molecule has 0 saturated heterocycles. The molecule has 23 heavy (non-hydrogen) atoms. The van der Waals surface area contributed by atoms with Gasteiger partial charge in [-0.3, -0.25) is 0 Å². The molecular weight excluding hydrogens is 310 g/mol. The van der Waals surface area contributed by atoms with Gasteiger partial charge >= 0.3 is 0 Å². The lowest BCUT2D eigenvalue weighted by Gasteiger charge is -2.09. The van der Waals surface area contributed by atoms with E-state index in [2.05, 4.69) is 15.4 Å². The van der Waals surface area contributed by atoms with Crippen LogP contribution in [0.15, 0.2) is 47.6 Å². The van der Waals surface area contributed by atoms with Crippen molar-refractivity contribution in [1.82, 2.24) is 14.8 Å². The summed E-state index contributed by atoms with van der Waals surface area (Å²) in [7, 11) is -2.66. The van der Waals surface area contributed by atoms with Crippen LogP contribution in [0.4, 0.5) is 5.69 Å². The average molecular weight is 329 g/mol. The maximum absolute atomic E-state index is 11.7. The van der Waals surface area contributed by atoms with Crippen molar-refractivity contribution >= 4 is 26.4 Å². The molecule has 3 rings (SSSR count). The molecule has 0 amide bonds. The number of fused-ring (bicyclic) bond motifs is 1. The van der Waals surface area contributed by atoms with Crippen molar-refractivity contribution in [1.29, 1.82) is 4.78 Å². The summed E-state index contributed by atoms with van der Waals surface area (Å²) >= 11 is 0. The van der Waals surface area contributed by atoms with Gasteiger partial charge in [0, 0.05) is 36.1 Å². The third-order valence-corrected chi connectivity index (χ3v) is 4.87. The molecule has 3 aromatic rings. The first kappa shape index (κ1) is 15.5. The zero-order valence-corrected chi connectivity index (χ0v) is 13.9. The lowest BCUT2D eigenvalue weighted by molar-refractivity contribution is 0.677. The van der Waals surface area contributed by atoms with Crippen molar-refractivity contribution in [3.8, 4) is 0 Å². The van der Waals surface area contributed by atoms with Crippen molar-refractivity contribution in [2.24, 2.45) is 0 Å². The summed E-state index contributed by atoms with van der Waals surface area (Å²) in [6.45, 7) is 3.46. The first-order chi connectivity index (χ1) is 11.0. The molecule has 0 saturated carbocycles. The van der Waals surface area contributed by atoms with Gasteiger partial charge in [-0.05, 0) is 30.7 Å². The summed E-state index contributed by atoms with van der Waals surface area (Å²) < 4.78 is 21.1. The van der Waals surface area contributed by atoms with E-state index in [1.54, 1.807) is 18.3 Å². The smallest absolute Gasteiger partial charge is 0.159 e. The van der Waals surface area contributed by atoms with Gasteiger partial charge in [0.05, 0.1) is 21.3 Å². The largest absolute Gasteiger partial charge is 0.380 e. The molecule has 6 nitrogen and oxygen atoms in total. The number of pyridine rings is 1. The van der Waals surface area contributed by atoms with E-state index in [0.29, 0.717) is 11.4 Å². The third kappa shape index (κ3) is 3.19. The van der Waals surface area contributed by atoms with Gasteiger partial charge in [-0.2, -0.15) is 5.10 Å². The predicted molar refractivity (Wildman–Crippen MR) is 92.0 cm³/mol. The highest BCUT2D eigenvalue weighted by molar-refractivity contribution is 7.91. The van der Waals surface area contributed by atoms with Crippen LogP contribution in [-0.2, 0) is 22.8 Å². The summed E-state index contributed by atoms with van der Waals surface area (Å²) in [5.41, 5.74) is 2.91. The second kappa shape index (κ2) is 6.00. The number of aryl methyl sites for hydroxylation is 1. The Labute approximate surface area is 135 Å². The Kier molecular flexibility index (Phi) is 4.04. The van der Waals surface area contributed by atoms with Gasteiger partial charge in [0.25, 0.3) is 0 Å². The zero-order valence-electron chi connectivity index (χ0n) is 13.1. The molecule has 2 heterocycles. The summed E-state index contributed by atoms with van der Waals surface area (Å²) in [5.74, 6) is 0. The second-order valence-electron chi connectivity index (χ2n) is 5.40. The Morgan fingerprint density at radius 1 is 1.26 bits per heavy atom. The van der Waals surface area contributed by atoms with Crippen LogP contribution < -0.4 is 5.32 Å². The number of hydrogen-bond acceptors (Lipinski definition) is 5. The molecule has 0 spiro atoms. The van der Waals surface area contributed by atoms with Crippen LogP contribution in [-0.4, -0.2) is 25.2 Å². The summed E-state index contributed by atoms with van der Waals surface area (Å²) in [5, 5.41) is 8.71. The standard InChI is InChI=1S/C16H19N5OS/c1-3-21-16-14(11-20-21)15(8-9-18-16)19-10-12-4-6-13(7-5-12)23(2,17)22/h4-9,11,17H,3,10H2,1-2H3,(H,18,19). The van der Waals surface area contributed by atoms with Gasteiger partial charge in [-0.25, -0.2) is 18.7 Å². The Bertz CT molecular complexity index is 929. The highest BCUT2D eigenvalue weighted by Gasteiger charge is 2.07. The van der Waals surface area contributed by atoms with E-state index in [9.17, 15) is 4.21 Å². The van der Waals surface area contributed by atoms with Gasteiger partial charge < -0.3 is 5.32 Å². The van der Waals surface area contributed by atoms with Crippen LogP contribution in [0.1, 0.15) is 12.5 Å². The molecule has 0 aliphatic heterocycles. The Morgan fingerprint density at radius 2 is 2.00 bits per heavy atom. The number of rotatable bonds is 5. The molecule has 7 heteroatoms. The van der Waals surface area contributed by atoms with Gasteiger partial charge in [-0.1, -0.05) is 12.1 Å². The molecule has 1 atom stereocenters. The van der Waals surface area contributed by atoms with Crippen LogP contribution in [0.3, 0.4) is 0 Å². The summed E-state index contributed by atoms with van der Waals surface area (Å²) in [4.78, 5) is 4.93. The first-order valence-corrected chi connectivity index (χ1v) is 9.33. The van der Waals surface area contributed by atoms with Crippen LogP contribution in [0.25, 0.3) is 11.0 Å². The van der Waals surface area contributed by atoms with Gasteiger partial charge in [0.2, 0.25) is 0 Å². The zero-order chi connectivity index (χ0) is 16.4. The average Bonchev–Trinajstić information content (AvgIpc) is 2.96. The van der Waals surface area contributed by atoms with Crippen molar-refractivity contribution in [2.75, 3.05) is 11.6 Å². The molecule has 0 radical (unpaired) electrons. The van der Waals surface area contributed by atoms with Gasteiger partial charge in [0.1, 0.15) is 0 Å². The van der Waals surface area contributed by atoms with Crippen LogP contribution >= 0.6 is 0 Å². The lowest BCUT2D eigenvalue weighted by atomic mass is 10.2. The fourth-order valence-electron chi connectivity index (χ4n) is 2.43. The molecule has 1 unspecified atom stereocenters. The number of anilines is 1. The molecule has 2 aromatic heterocycles. The maximum atomic E-state index is 11.7. The molecular formula is C16H19N5OS. The van der Waals surface area contributed by atoms with E-state index in [4.69, 9.17) is 4.78 Å². The third-order valence-electron chi connectivity index (χ3n) is 3.70. The Morgan fingerprint density at radius 3 is 2.65 bits per heavy atom. The second-order valence-corrected chi connectivity index (χ2v) is 7.56. The van der Waals surface area contributed by atoms with E-state index in [0.717, 1.165) is 28.8 Å². The van der Waals surface area contributed by atoms with E-state index in [1.807, 2.05) is 36.0 Å². The SMILES string of the molecule is CCn1ncc2c(NCc3ccc(S(C)(=N)=O)cc3)ccnc21. The molecule has 2 N–H and O–H groups in total. The van der Waals surface area contributed by atoms with Crippen LogP contribution in [0.2, 0.25) is 0 Å². The van der Waals surface area contributed by atoms with E-state index in [-0.39, 0.29) is 0 Å². The number of nitrogens with one attached hydrogen (secondary N) is 2. The number of benzene rings is 1. The van der Waals surface area contributed by atoms with Crippen LogP contribution in [0, 0.1) is 4.78 Å². The van der Waals surface area contributed by atoms with Crippen LogP contribution in [0.5, 0.6) is 0 Å². The minimum absolute atomic E-state index is 0.553. The number of aromatic nitrogens is 3. The van der Waals surface area contributed by atoms with Gasteiger partial charge in [-0.15, -0.1) is 0 Å². The quantitative estimate of drug-likeness (QED) is 0.753. The summed E-state index contributed by atoms with van der Waals surface area (Å²) in [6.07, 6.45) is 5.02. The maximum Gasteiger partial charge on any atom is 0.159 e. The van der Waals surface area contributed by atoms with Crippen molar-refractivity contribution < 1.29 is 4.21 Å². The van der Waals surface area contributed by atoms with E-state index >= 15 is 0 Å². The Hall–Kier alpha value is -2.41. The number of nitrogens with zero attached hydrogens (tertiary/aromatic N) is 3. The van der Waals surface area contributed by atoms with E-state index < -0.39 is 9.73 Å². The fraction of sp³-hybridized carbons (Fsp3) is 0.250. The minimum Gasteiger partial charge on any atom is -0.380 e. The Balaban J connectivity index is 1.80. The highest BCUT2D eigenvalue weighted by atomic mass is 32.2. The monoisotopic (exact) mass is 329 g/mol. The first-order valence-electron chi connectivity index (χ1n) is 7.36. The molecule has 0 aliphatic carbocycles. The molecule has 1 aromatic carbocycles. The molecule has 0 fully saturated rings. The normalized spacial score (nSPS) is 13.8. The molecule has 0 aliphatic rings. The predicted octanol–water partition coefficient (Wildman–Crippen LogP) is 3.10. The number of hydrogen-bond donors (Lipinski definition) is 2. The van der Waals surface area contributed by atoms with Gasteiger partial charge in [0.15, 0.2) is 5.65 Å². The fourth-order valence-corrected chi connectivity index (χ4v) is 3.08. The van der Waals surface area contributed by atoms with Crippen molar-refractivity contribution in [3.05, 3.63) is 48.3 Å². The van der Waals surface area contributed by atoms with E-state index in [1.165, 1.54) is 6.26 Å². The van der Waals surface area contributed by atoms with Crippen molar-refractivity contribution in [2.45, 2.75) is 24.9 Å². The minimum atomic E-state index is -2.66. The topological polar surface area (TPSA) is 83.7 Å². The molecule has 0 bridgehead atoms. The summed E-state index contributed by atoms with van der Waals surface area (Å²) in [6, 6.07) is 9.23. The molecule has 120 valence electrons. The highest BCUT2D eigenvalue weighted by Crippen LogP contribution is 2.22. The lowest BCUT2D eigenvalue weighted by Crippen LogP contribution is -2.02.